The summed E-state index contributed by atoms with van der Waals surface area (Å²) in [7, 11) is 0. The summed E-state index contributed by atoms with van der Waals surface area (Å²) < 4.78 is 11.3. The van der Waals surface area contributed by atoms with Crippen LogP contribution in [0.15, 0.2) is 60.9 Å². The molecule has 3 aromatic rings. The highest BCUT2D eigenvalue weighted by molar-refractivity contribution is 5.95. The number of nitrogens with one attached hydrogen (secondary N) is 2. The van der Waals surface area contributed by atoms with Crippen LogP contribution in [0.2, 0.25) is 0 Å². The Morgan fingerprint density at radius 3 is 2.56 bits per heavy atom. The van der Waals surface area contributed by atoms with Gasteiger partial charge in [0.15, 0.2) is 11.5 Å². The first-order valence-electron chi connectivity index (χ1n) is 7.58. The van der Waals surface area contributed by atoms with Crippen molar-refractivity contribution in [3.8, 4) is 22.6 Å². The smallest absolute Gasteiger partial charge is 0.269 e. The molecular weight excluding hydrogens is 318 g/mol. The number of carbonyl (C=O) groups excluding carboxylic acids is 1. The van der Waals surface area contributed by atoms with Crippen molar-refractivity contribution in [2.75, 3.05) is 11.9 Å². The highest BCUT2D eigenvalue weighted by atomic mass is 16.6. The molecule has 2 N–H and O–H groups in total. The first-order chi connectivity index (χ1) is 11.8. The fourth-order valence-electron chi connectivity index (χ4n) is 2.53. The summed E-state index contributed by atoms with van der Waals surface area (Å²) in [5, 5.41) is 9.55. The van der Waals surface area contributed by atoms with Crippen molar-refractivity contribution in [2.24, 2.45) is 0 Å². The van der Waals surface area contributed by atoms with Gasteiger partial charge in [0.1, 0.15) is 6.61 Å². The van der Waals surface area contributed by atoms with E-state index >= 15 is 0 Å². The summed E-state index contributed by atoms with van der Waals surface area (Å²) in [5.41, 5.74) is 2.72. The molecule has 0 fully saturated rings. The quantitative estimate of drug-likeness (QED) is 0.767. The van der Waals surface area contributed by atoms with E-state index in [1.54, 1.807) is 12.3 Å². The summed E-state index contributed by atoms with van der Waals surface area (Å²) in [5.74, 6) is 1.01. The SMILES string of the molecule is C.O=C(Nc1ccc(-c2cn[nH]c2)cc1)C1COc2ccccc2O1. The van der Waals surface area contributed by atoms with Crippen LogP contribution in [0.4, 0.5) is 5.69 Å². The van der Waals surface area contributed by atoms with Crippen molar-refractivity contribution >= 4 is 11.6 Å². The molecule has 25 heavy (non-hydrogen) atoms. The van der Waals surface area contributed by atoms with Crippen molar-refractivity contribution in [1.29, 1.82) is 0 Å². The van der Waals surface area contributed by atoms with Gasteiger partial charge in [0, 0.05) is 17.4 Å². The Morgan fingerprint density at radius 2 is 1.84 bits per heavy atom. The van der Waals surface area contributed by atoms with Crippen LogP contribution < -0.4 is 14.8 Å². The third-order valence-electron chi connectivity index (χ3n) is 3.79. The highest BCUT2D eigenvalue weighted by Crippen LogP contribution is 2.31. The number of fused-ring (bicyclic) bond motifs is 1. The summed E-state index contributed by atoms with van der Waals surface area (Å²) in [6.45, 7) is 0.190. The Labute approximate surface area is 145 Å². The van der Waals surface area contributed by atoms with Crippen LogP contribution in [-0.4, -0.2) is 28.8 Å². The Kier molecular flexibility index (Phi) is 4.70. The topological polar surface area (TPSA) is 76.2 Å². The maximum Gasteiger partial charge on any atom is 0.269 e. The normalized spacial score (nSPS) is 15.1. The third kappa shape index (κ3) is 3.47. The molecule has 1 aliphatic rings. The van der Waals surface area contributed by atoms with Crippen LogP contribution in [0.1, 0.15) is 7.43 Å². The van der Waals surface area contributed by atoms with E-state index in [9.17, 15) is 4.79 Å². The average Bonchev–Trinajstić information content (AvgIpc) is 3.16. The number of H-pyrrole nitrogens is 1. The lowest BCUT2D eigenvalue weighted by Crippen LogP contribution is -2.40. The maximum atomic E-state index is 12.4. The zero-order valence-corrected chi connectivity index (χ0v) is 12.7. The molecule has 0 bridgehead atoms. The van der Waals surface area contributed by atoms with Gasteiger partial charge in [-0.15, -0.1) is 0 Å². The lowest BCUT2D eigenvalue weighted by atomic mass is 10.1. The van der Waals surface area contributed by atoms with E-state index in [0.717, 1.165) is 11.1 Å². The van der Waals surface area contributed by atoms with Crippen LogP contribution in [0.25, 0.3) is 11.1 Å². The molecule has 0 saturated carbocycles. The number of para-hydroxylation sites is 2. The lowest BCUT2D eigenvalue weighted by Gasteiger charge is -2.25. The molecule has 0 radical (unpaired) electrons. The number of aromatic amines is 1. The lowest BCUT2D eigenvalue weighted by molar-refractivity contribution is -0.125. The van der Waals surface area contributed by atoms with Gasteiger partial charge in [-0.1, -0.05) is 31.7 Å². The standard InChI is InChI=1S/C18H15N3O3.CH4/c22-18(17-11-23-15-3-1-2-4-16(15)24-17)21-14-7-5-12(6-8-14)13-9-19-20-10-13;/h1-10,17H,11H2,(H,19,20)(H,21,22);1H4. The minimum Gasteiger partial charge on any atom is -0.485 e. The Morgan fingerprint density at radius 1 is 1.08 bits per heavy atom. The van der Waals surface area contributed by atoms with Crippen LogP contribution in [-0.2, 0) is 4.79 Å². The fraction of sp³-hybridized carbons (Fsp3) is 0.158. The zero-order valence-electron chi connectivity index (χ0n) is 12.7. The molecule has 0 spiro atoms. The van der Waals surface area contributed by atoms with E-state index in [4.69, 9.17) is 9.47 Å². The molecule has 1 unspecified atom stereocenters. The summed E-state index contributed by atoms with van der Waals surface area (Å²) in [6, 6.07) is 14.9. The van der Waals surface area contributed by atoms with Gasteiger partial charge in [-0.3, -0.25) is 9.89 Å². The molecule has 6 heteroatoms. The summed E-state index contributed by atoms with van der Waals surface area (Å²) in [6.07, 6.45) is 2.89. The van der Waals surface area contributed by atoms with E-state index in [1.165, 1.54) is 0 Å². The van der Waals surface area contributed by atoms with Gasteiger partial charge in [0.05, 0.1) is 6.20 Å². The predicted molar refractivity (Wildman–Crippen MR) is 95.7 cm³/mol. The predicted octanol–water partition coefficient (Wildman–Crippen LogP) is 3.49. The van der Waals surface area contributed by atoms with Gasteiger partial charge in [-0.25, -0.2) is 0 Å². The van der Waals surface area contributed by atoms with E-state index < -0.39 is 6.10 Å². The molecule has 0 saturated heterocycles. The van der Waals surface area contributed by atoms with Crippen LogP contribution >= 0.6 is 0 Å². The number of ether oxygens (including phenoxy) is 2. The molecule has 2 heterocycles. The number of benzene rings is 2. The Hall–Kier alpha value is -3.28. The second kappa shape index (κ2) is 7.09. The number of amides is 1. The van der Waals surface area contributed by atoms with E-state index in [1.807, 2.05) is 48.7 Å². The molecule has 0 aliphatic carbocycles. The maximum absolute atomic E-state index is 12.4. The minimum atomic E-state index is -0.673. The number of hydrogen-bond acceptors (Lipinski definition) is 4. The van der Waals surface area contributed by atoms with Crippen LogP contribution in [0.5, 0.6) is 11.5 Å². The van der Waals surface area contributed by atoms with Gasteiger partial charge < -0.3 is 14.8 Å². The number of hydrogen-bond donors (Lipinski definition) is 2. The molecular formula is C19H19N3O3. The molecule has 4 rings (SSSR count). The number of aromatic nitrogens is 2. The fourth-order valence-corrected chi connectivity index (χ4v) is 2.53. The number of rotatable bonds is 3. The molecule has 1 amide bonds. The van der Waals surface area contributed by atoms with E-state index in [2.05, 4.69) is 15.5 Å². The van der Waals surface area contributed by atoms with Gasteiger partial charge in [0.2, 0.25) is 6.10 Å². The average molecular weight is 337 g/mol. The summed E-state index contributed by atoms with van der Waals surface area (Å²) in [4.78, 5) is 12.4. The second-order valence-corrected chi connectivity index (χ2v) is 5.42. The van der Waals surface area contributed by atoms with Crippen LogP contribution in [0, 0.1) is 0 Å². The Bertz CT molecular complexity index is 845. The molecule has 6 nitrogen and oxygen atoms in total. The van der Waals surface area contributed by atoms with Gasteiger partial charge in [-0.05, 0) is 29.8 Å². The number of nitrogens with zero attached hydrogens (tertiary/aromatic N) is 1. The van der Waals surface area contributed by atoms with Crippen LogP contribution in [0.3, 0.4) is 0 Å². The largest absolute Gasteiger partial charge is 0.485 e. The molecule has 1 aromatic heterocycles. The van der Waals surface area contributed by atoms with Gasteiger partial charge >= 0.3 is 0 Å². The first kappa shape index (κ1) is 16.6. The number of anilines is 1. The summed E-state index contributed by atoms with van der Waals surface area (Å²) >= 11 is 0. The van der Waals surface area contributed by atoms with Crippen molar-refractivity contribution in [3.05, 3.63) is 60.9 Å². The number of carbonyl (C=O) groups is 1. The van der Waals surface area contributed by atoms with Crippen molar-refractivity contribution in [2.45, 2.75) is 13.5 Å². The second-order valence-electron chi connectivity index (χ2n) is 5.42. The monoisotopic (exact) mass is 337 g/mol. The molecule has 1 atom stereocenters. The van der Waals surface area contributed by atoms with E-state index in [-0.39, 0.29) is 19.9 Å². The molecule has 128 valence electrons. The highest BCUT2D eigenvalue weighted by Gasteiger charge is 2.27. The van der Waals surface area contributed by atoms with Gasteiger partial charge in [0.25, 0.3) is 5.91 Å². The van der Waals surface area contributed by atoms with Crippen molar-refractivity contribution in [3.63, 3.8) is 0 Å². The van der Waals surface area contributed by atoms with Crippen molar-refractivity contribution in [1.82, 2.24) is 10.2 Å². The zero-order chi connectivity index (χ0) is 16.4. The van der Waals surface area contributed by atoms with Crippen molar-refractivity contribution < 1.29 is 14.3 Å². The van der Waals surface area contributed by atoms with E-state index in [0.29, 0.717) is 17.2 Å². The first-order valence-corrected chi connectivity index (χ1v) is 7.58. The van der Waals surface area contributed by atoms with Gasteiger partial charge in [-0.2, -0.15) is 5.10 Å². The third-order valence-corrected chi connectivity index (χ3v) is 3.79. The Balaban J connectivity index is 0.00000182. The minimum absolute atomic E-state index is 0. The molecule has 2 aromatic carbocycles. The molecule has 1 aliphatic heterocycles.